The summed E-state index contributed by atoms with van der Waals surface area (Å²) >= 11 is 0. The minimum absolute atomic E-state index is 0.00494. The van der Waals surface area contributed by atoms with Gasteiger partial charge in [0, 0.05) is 35.6 Å². The molecule has 1 saturated heterocycles. The van der Waals surface area contributed by atoms with Gasteiger partial charge in [0.25, 0.3) is 11.8 Å². The van der Waals surface area contributed by atoms with E-state index in [9.17, 15) is 14.4 Å². The van der Waals surface area contributed by atoms with Gasteiger partial charge in [-0.15, -0.1) is 0 Å². The third kappa shape index (κ3) is 4.32. The Labute approximate surface area is 178 Å². The molecule has 1 aromatic carbocycles. The number of aromatic amines is 1. The van der Waals surface area contributed by atoms with Gasteiger partial charge in [0.1, 0.15) is 5.69 Å². The summed E-state index contributed by atoms with van der Waals surface area (Å²) in [5.41, 5.74) is 4.27. The summed E-state index contributed by atoms with van der Waals surface area (Å²) in [7, 11) is 0. The Bertz CT molecular complexity index is 995. The Hall–Kier alpha value is -2.89. The van der Waals surface area contributed by atoms with Gasteiger partial charge in [-0.3, -0.25) is 14.4 Å². The summed E-state index contributed by atoms with van der Waals surface area (Å²) < 4.78 is 0. The van der Waals surface area contributed by atoms with Crippen molar-refractivity contribution in [3.63, 3.8) is 0 Å². The lowest BCUT2D eigenvalue weighted by atomic mass is 9.91. The van der Waals surface area contributed by atoms with Crippen LogP contribution in [0.3, 0.4) is 0 Å². The molecule has 2 amide bonds. The lowest BCUT2D eigenvalue weighted by Crippen LogP contribution is -2.42. The summed E-state index contributed by atoms with van der Waals surface area (Å²) in [6.45, 7) is 12.8. The zero-order valence-corrected chi connectivity index (χ0v) is 18.7. The average molecular weight is 410 g/mol. The normalized spacial score (nSPS) is 18.9. The van der Waals surface area contributed by atoms with E-state index in [1.807, 2.05) is 24.0 Å². The van der Waals surface area contributed by atoms with Crippen LogP contribution in [0, 0.1) is 32.6 Å². The number of benzene rings is 1. The first-order chi connectivity index (χ1) is 14.1. The molecule has 0 unspecified atom stereocenters. The lowest BCUT2D eigenvalue weighted by molar-refractivity contribution is 0.0623. The highest BCUT2D eigenvalue weighted by molar-refractivity contribution is 6.08. The number of aromatic nitrogens is 1. The van der Waals surface area contributed by atoms with Crippen molar-refractivity contribution in [2.75, 3.05) is 18.4 Å². The van der Waals surface area contributed by atoms with Gasteiger partial charge in [-0.1, -0.05) is 19.9 Å². The van der Waals surface area contributed by atoms with E-state index >= 15 is 0 Å². The summed E-state index contributed by atoms with van der Waals surface area (Å²) in [4.78, 5) is 42.7. The van der Waals surface area contributed by atoms with Crippen LogP contribution in [0.25, 0.3) is 0 Å². The van der Waals surface area contributed by atoms with Crippen molar-refractivity contribution in [2.24, 2.45) is 11.8 Å². The molecule has 30 heavy (non-hydrogen) atoms. The number of rotatable bonds is 4. The number of piperidine rings is 1. The lowest BCUT2D eigenvalue weighted by Gasteiger charge is -2.35. The fourth-order valence-electron chi connectivity index (χ4n) is 4.59. The Morgan fingerprint density at radius 1 is 1.07 bits per heavy atom. The number of anilines is 1. The molecule has 0 saturated carbocycles. The van der Waals surface area contributed by atoms with Crippen LogP contribution in [0.2, 0.25) is 0 Å². The van der Waals surface area contributed by atoms with E-state index in [1.54, 1.807) is 19.9 Å². The fraction of sp³-hybridized carbons (Fsp3) is 0.458. The number of hydrogen-bond acceptors (Lipinski definition) is 3. The Balaban J connectivity index is 1.84. The summed E-state index contributed by atoms with van der Waals surface area (Å²) in [6, 6.07) is 5.42. The van der Waals surface area contributed by atoms with E-state index in [-0.39, 0.29) is 17.6 Å². The van der Waals surface area contributed by atoms with Gasteiger partial charge in [0.15, 0.2) is 5.78 Å². The van der Waals surface area contributed by atoms with Crippen molar-refractivity contribution in [1.82, 2.24) is 9.88 Å². The third-order valence-electron chi connectivity index (χ3n) is 5.91. The molecule has 1 aliphatic rings. The van der Waals surface area contributed by atoms with Crippen LogP contribution < -0.4 is 5.32 Å². The third-order valence-corrected chi connectivity index (χ3v) is 5.91. The maximum Gasteiger partial charge on any atom is 0.272 e. The second kappa shape index (κ2) is 8.46. The quantitative estimate of drug-likeness (QED) is 0.729. The van der Waals surface area contributed by atoms with E-state index in [0.717, 1.165) is 25.1 Å². The number of carbonyl (C=O) groups is 3. The summed E-state index contributed by atoms with van der Waals surface area (Å²) in [6.07, 6.45) is 1.14. The Morgan fingerprint density at radius 2 is 1.70 bits per heavy atom. The van der Waals surface area contributed by atoms with Crippen molar-refractivity contribution < 1.29 is 14.4 Å². The van der Waals surface area contributed by atoms with Crippen LogP contribution in [-0.4, -0.2) is 40.6 Å². The maximum absolute atomic E-state index is 13.1. The van der Waals surface area contributed by atoms with Crippen LogP contribution in [0.5, 0.6) is 0 Å². The maximum atomic E-state index is 13.1. The number of aryl methyl sites for hydroxylation is 2. The van der Waals surface area contributed by atoms with Crippen molar-refractivity contribution in [3.8, 4) is 0 Å². The molecule has 1 aliphatic heterocycles. The highest BCUT2D eigenvalue weighted by Crippen LogP contribution is 2.25. The number of Topliss-reactive ketones (excluding diaryl/α,β-unsaturated/α-hetero) is 1. The van der Waals surface area contributed by atoms with E-state index in [0.29, 0.717) is 45.6 Å². The molecule has 160 valence electrons. The highest BCUT2D eigenvalue weighted by atomic mass is 16.2. The predicted octanol–water partition coefficient (Wildman–Crippen LogP) is 4.51. The Kier molecular flexibility index (Phi) is 6.15. The minimum atomic E-state index is -0.323. The Morgan fingerprint density at radius 3 is 2.27 bits per heavy atom. The second-order valence-corrected chi connectivity index (χ2v) is 8.82. The van der Waals surface area contributed by atoms with Gasteiger partial charge >= 0.3 is 0 Å². The van der Waals surface area contributed by atoms with Gasteiger partial charge in [-0.25, -0.2) is 0 Å². The number of likely N-dealkylation sites (tertiary alicyclic amines) is 1. The molecule has 0 spiro atoms. The topological polar surface area (TPSA) is 82.3 Å². The smallest absolute Gasteiger partial charge is 0.272 e. The molecule has 0 radical (unpaired) electrons. The molecule has 6 heteroatoms. The number of amides is 2. The van der Waals surface area contributed by atoms with Gasteiger partial charge in [-0.05, 0) is 69.2 Å². The van der Waals surface area contributed by atoms with Gasteiger partial charge < -0.3 is 15.2 Å². The van der Waals surface area contributed by atoms with Gasteiger partial charge in [-0.2, -0.15) is 0 Å². The van der Waals surface area contributed by atoms with Crippen molar-refractivity contribution in [3.05, 3.63) is 51.8 Å². The monoisotopic (exact) mass is 409 g/mol. The highest BCUT2D eigenvalue weighted by Gasteiger charge is 2.27. The van der Waals surface area contributed by atoms with Crippen LogP contribution in [0.1, 0.15) is 75.2 Å². The van der Waals surface area contributed by atoms with E-state index in [1.165, 1.54) is 6.92 Å². The molecule has 2 atom stereocenters. The molecule has 1 fully saturated rings. The van der Waals surface area contributed by atoms with Gasteiger partial charge in [0.2, 0.25) is 0 Å². The first-order valence-corrected chi connectivity index (χ1v) is 10.5. The number of nitrogens with zero attached hydrogens (tertiary/aromatic N) is 1. The first kappa shape index (κ1) is 21.8. The predicted molar refractivity (Wildman–Crippen MR) is 118 cm³/mol. The molecule has 1 aromatic heterocycles. The minimum Gasteiger partial charge on any atom is -0.354 e. The fourth-order valence-corrected chi connectivity index (χ4v) is 4.59. The zero-order chi connectivity index (χ0) is 22.2. The molecule has 2 aromatic rings. The number of ketones is 1. The molecule has 0 bridgehead atoms. The molecule has 3 rings (SSSR count). The van der Waals surface area contributed by atoms with Crippen LogP contribution in [-0.2, 0) is 0 Å². The second-order valence-electron chi connectivity index (χ2n) is 8.82. The van der Waals surface area contributed by atoms with Crippen LogP contribution >= 0.6 is 0 Å². The van der Waals surface area contributed by atoms with Gasteiger partial charge in [0.05, 0.1) is 0 Å². The van der Waals surface area contributed by atoms with Crippen LogP contribution in [0.15, 0.2) is 18.2 Å². The molecule has 2 heterocycles. The standard InChI is InChI=1S/C24H31N3O3/c1-13-9-14(2)12-27(11-13)24(30)19-8-7-15(3)20(10-19)26-23(29)22-16(4)21(18(6)28)17(5)25-22/h7-8,10,13-14,25H,9,11-12H2,1-6H3,(H,26,29)/t13-,14-/m1/s1. The number of hydrogen-bond donors (Lipinski definition) is 2. The number of carbonyl (C=O) groups excluding carboxylic acids is 3. The number of nitrogens with one attached hydrogen (secondary N) is 2. The zero-order valence-electron chi connectivity index (χ0n) is 18.7. The van der Waals surface area contributed by atoms with E-state index in [2.05, 4.69) is 24.1 Å². The molecular formula is C24H31N3O3. The van der Waals surface area contributed by atoms with E-state index in [4.69, 9.17) is 0 Å². The number of H-pyrrole nitrogens is 1. The van der Waals surface area contributed by atoms with Crippen molar-refractivity contribution >= 4 is 23.3 Å². The van der Waals surface area contributed by atoms with E-state index < -0.39 is 0 Å². The summed E-state index contributed by atoms with van der Waals surface area (Å²) in [5, 5.41) is 2.91. The largest absolute Gasteiger partial charge is 0.354 e. The molecule has 2 N–H and O–H groups in total. The van der Waals surface area contributed by atoms with Crippen molar-refractivity contribution in [2.45, 2.75) is 48.0 Å². The molecular weight excluding hydrogens is 378 g/mol. The first-order valence-electron chi connectivity index (χ1n) is 10.5. The SMILES string of the molecule is CC(=O)c1c(C)[nH]c(C(=O)Nc2cc(C(=O)N3C[C@H](C)C[C@@H](C)C3)ccc2C)c1C. The van der Waals surface area contributed by atoms with Crippen LogP contribution in [0.4, 0.5) is 5.69 Å². The van der Waals surface area contributed by atoms with Crippen molar-refractivity contribution in [1.29, 1.82) is 0 Å². The summed E-state index contributed by atoms with van der Waals surface area (Å²) in [5.74, 6) is 0.563. The molecule has 6 nitrogen and oxygen atoms in total. The average Bonchev–Trinajstić information content (AvgIpc) is 2.96. The molecule has 0 aliphatic carbocycles.